The minimum Gasteiger partial charge on any atom is -0.393 e. The second-order valence-electron chi connectivity index (χ2n) is 5.68. The molecular weight excluding hydrogens is 252 g/mol. The van der Waals surface area contributed by atoms with Crippen LogP contribution in [0.5, 0.6) is 0 Å². The van der Waals surface area contributed by atoms with Gasteiger partial charge in [-0.1, -0.05) is 51.4 Å². The van der Waals surface area contributed by atoms with Crippen LogP contribution in [0.2, 0.25) is 0 Å². The van der Waals surface area contributed by atoms with Gasteiger partial charge in [-0.25, -0.2) is 0 Å². The molecule has 0 amide bonds. The van der Waals surface area contributed by atoms with Crippen LogP contribution < -0.4 is 0 Å². The number of unbranched alkanes of at least 4 members (excludes halogenated alkanes) is 10. The fourth-order valence-electron chi connectivity index (χ4n) is 2.42. The summed E-state index contributed by atoms with van der Waals surface area (Å²) in [5, 5.41) is 9.84. The van der Waals surface area contributed by atoms with E-state index in [1.807, 2.05) is 0 Å². The summed E-state index contributed by atoms with van der Waals surface area (Å²) >= 11 is 0. The van der Waals surface area contributed by atoms with Crippen molar-refractivity contribution < 1.29 is 14.7 Å². The van der Waals surface area contributed by atoms with Crippen LogP contribution in [0.4, 0.5) is 0 Å². The highest BCUT2D eigenvalue weighted by Gasteiger charge is 2.03. The van der Waals surface area contributed by atoms with Crippen molar-refractivity contribution in [3.63, 3.8) is 0 Å². The lowest BCUT2D eigenvalue weighted by atomic mass is 10.0. The van der Waals surface area contributed by atoms with Gasteiger partial charge in [-0.2, -0.15) is 0 Å². The first-order chi connectivity index (χ1) is 9.81. The van der Waals surface area contributed by atoms with Crippen molar-refractivity contribution >= 4 is 12.6 Å². The normalized spacial score (nSPS) is 10.9. The Morgan fingerprint density at radius 3 is 1.35 bits per heavy atom. The van der Waals surface area contributed by atoms with E-state index in [-0.39, 0.29) is 6.10 Å². The van der Waals surface area contributed by atoms with Crippen LogP contribution in [-0.4, -0.2) is 23.8 Å². The molecule has 0 rings (SSSR count). The number of carbonyl (C=O) groups is 2. The topological polar surface area (TPSA) is 54.4 Å². The Balaban J connectivity index is 3.14. The monoisotopic (exact) mass is 284 g/mol. The van der Waals surface area contributed by atoms with E-state index in [1.54, 1.807) is 0 Å². The quantitative estimate of drug-likeness (QED) is 0.341. The van der Waals surface area contributed by atoms with Gasteiger partial charge in [0, 0.05) is 12.8 Å². The van der Waals surface area contributed by atoms with Crippen molar-refractivity contribution in [3.05, 3.63) is 0 Å². The van der Waals surface area contributed by atoms with Gasteiger partial charge < -0.3 is 14.7 Å². The molecule has 0 fully saturated rings. The molecule has 20 heavy (non-hydrogen) atoms. The second-order valence-corrected chi connectivity index (χ2v) is 5.68. The molecule has 0 aliphatic rings. The molecule has 0 atom stereocenters. The summed E-state index contributed by atoms with van der Waals surface area (Å²) < 4.78 is 0. The molecule has 118 valence electrons. The van der Waals surface area contributed by atoms with Gasteiger partial charge in [-0.3, -0.25) is 0 Å². The maximum atomic E-state index is 10.1. The lowest BCUT2D eigenvalue weighted by Crippen LogP contribution is -2.05. The molecule has 0 aromatic carbocycles. The number of carbonyl (C=O) groups excluding carboxylic acids is 2. The number of hydrogen-bond donors (Lipinski definition) is 1. The van der Waals surface area contributed by atoms with E-state index in [2.05, 4.69) is 0 Å². The molecule has 0 bridgehead atoms. The van der Waals surface area contributed by atoms with Gasteiger partial charge in [0.25, 0.3) is 0 Å². The average molecular weight is 284 g/mol. The molecule has 0 heterocycles. The van der Waals surface area contributed by atoms with Crippen LogP contribution >= 0.6 is 0 Å². The van der Waals surface area contributed by atoms with Gasteiger partial charge in [0.15, 0.2) is 0 Å². The summed E-state index contributed by atoms with van der Waals surface area (Å²) in [5.41, 5.74) is 0. The smallest absolute Gasteiger partial charge is 0.119 e. The summed E-state index contributed by atoms with van der Waals surface area (Å²) in [4.78, 5) is 20.3. The van der Waals surface area contributed by atoms with E-state index in [0.29, 0.717) is 12.8 Å². The zero-order chi connectivity index (χ0) is 14.9. The standard InChI is InChI=1S/C17H32O3/c18-15-11-7-3-1-5-9-13-17(20)14-10-6-2-4-8-12-16-19/h15-17,20H,1-14H2. The van der Waals surface area contributed by atoms with E-state index in [4.69, 9.17) is 0 Å². The molecule has 0 saturated carbocycles. The van der Waals surface area contributed by atoms with Gasteiger partial charge >= 0.3 is 0 Å². The van der Waals surface area contributed by atoms with Crippen molar-refractivity contribution in [1.29, 1.82) is 0 Å². The number of aliphatic hydroxyl groups is 1. The number of aldehydes is 2. The third kappa shape index (κ3) is 15.4. The summed E-state index contributed by atoms with van der Waals surface area (Å²) in [6, 6.07) is 0. The van der Waals surface area contributed by atoms with Crippen molar-refractivity contribution in [3.8, 4) is 0 Å². The van der Waals surface area contributed by atoms with Crippen LogP contribution in [0.25, 0.3) is 0 Å². The fraction of sp³-hybridized carbons (Fsp3) is 0.882. The van der Waals surface area contributed by atoms with Crippen LogP contribution in [0.1, 0.15) is 89.9 Å². The zero-order valence-electron chi connectivity index (χ0n) is 12.9. The fourth-order valence-corrected chi connectivity index (χ4v) is 2.42. The number of rotatable bonds is 16. The molecule has 0 aromatic rings. The predicted octanol–water partition coefficient (Wildman–Crippen LogP) is 4.21. The van der Waals surface area contributed by atoms with Crippen LogP contribution in [-0.2, 0) is 9.59 Å². The summed E-state index contributed by atoms with van der Waals surface area (Å²) in [7, 11) is 0. The van der Waals surface area contributed by atoms with Gasteiger partial charge in [-0.15, -0.1) is 0 Å². The molecule has 0 aromatic heterocycles. The molecule has 0 aliphatic carbocycles. The predicted molar refractivity (Wildman–Crippen MR) is 82.8 cm³/mol. The molecule has 0 unspecified atom stereocenters. The SMILES string of the molecule is O=CCCCCCCCC(O)CCCCCCCC=O. The Hall–Kier alpha value is -0.700. The molecule has 0 radical (unpaired) electrons. The Kier molecular flexibility index (Phi) is 15.8. The third-order valence-electron chi connectivity index (χ3n) is 3.72. The van der Waals surface area contributed by atoms with Crippen molar-refractivity contribution in [1.82, 2.24) is 0 Å². The van der Waals surface area contributed by atoms with Crippen molar-refractivity contribution in [2.45, 2.75) is 96.0 Å². The minimum absolute atomic E-state index is 0.139. The van der Waals surface area contributed by atoms with Crippen molar-refractivity contribution in [2.24, 2.45) is 0 Å². The highest BCUT2D eigenvalue weighted by molar-refractivity contribution is 5.49. The van der Waals surface area contributed by atoms with E-state index in [1.165, 1.54) is 25.7 Å². The minimum atomic E-state index is -0.139. The maximum absolute atomic E-state index is 10.1. The lowest BCUT2D eigenvalue weighted by molar-refractivity contribution is -0.108. The average Bonchev–Trinajstić information content (AvgIpc) is 2.45. The van der Waals surface area contributed by atoms with Gasteiger partial charge in [-0.05, 0) is 25.7 Å². The third-order valence-corrected chi connectivity index (χ3v) is 3.72. The lowest BCUT2D eigenvalue weighted by Gasteiger charge is -2.10. The van der Waals surface area contributed by atoms with E-state index >= 15 is 0 Å². The highest BCUT2D eigenvalue weighted by atomic mass is 16.3. The Morgan fingerprint density at radius 1 is 0.600 bits per heavy atom. The second kappa shape index (κ2) is 16.4. The first-order valence-corrected chi connectivity index (χ1v) is 8.36. The molecule has 0 saturated heterocycles. The largest absolute Gasteiger partial charge is 0.393 e. The first-order valence-electron chi connectivity index (χ1n) is 8.36. The number of aliphatic hydroxyl groups excluding tert-OH is 1. The molecule has 3 heteroatoms. The molecule has 0 aliphatic heterocycles. The summed E-state index contributed by atoms with van der Waals surface area (Å²) in [6.45, 7) is 0. The Labute approximate surface area is 124 Å². The van der Waals surface area contributed by atoms with Crippen LogP contribution in [0, 0.1) is 0 Å². The Bertz CT molecular complexity index is 194. The van der Waals surface area contributed by atoms with E-state index in [0.717, 1.165) is 63.9 Å². The zero-order valence-corrected chi connectivity index (χ0v) is 12.9. The Morgan fingerprint density at radius 2 is 0.950 bits per heavy atom. The van der Waals surface area contributed by atoms with E-state index in [9.17, 15) is 14.7 Å². The van der Waals surface area contributed by atoms with Crippen molar-refractivity contribution in [2.75, 3.05) is 0 Å². The first kappa shape index (κ1) is 19.3. The molecule has 1 N–H and O–H groups in total. The molecule has 0 spiro atoms. The van der Waals surface area contributed by atoms with E-state index < -0.39 is 0 Å². The van der Waals surface area contributed by atoms with Crippen LogP contribution in [0.15, 0.2) is 0 Å². The number of hydrogen-bond acceptors (Lipinski definition) is 3. The van der Waals surface area contributed by atoms with Gasteiger partial charge in [0.05, 0.1) is 6.10 Å². The molecular formula is C17H32O3. The van der Waals surface area contributed by atoms with Crippen LogP contribution in [0.3, 0.4) is 0 Å². The van der Waals surface area contributed by atoms with Gasteiger partial charge in [0.2, 0.25) is 0 Å². The highest BCUT2D eigenvalue weighted by Crippen LogP contribution is 2.13. The molecule has 3 nitrogen and oxygen atoms in total. The van der Waals surface area contributed by atoms with Gasteiger partial charge in [0.1, 0.15) is 12.6 Å². The maximum Gasteiger partial charge on any atom is 0.119 e. The summed E-state index contributed by atoms with van der Waals surface area (Å²) in [6.07, 6.45) is 16.2. The summed E-state index contributed by atoms with van der Waals surface area (Å²) in [5.74, 6) is 0.